The Labute approximate surface area is 116 Å². The first-order valence-corrected chi connectivity index (χ1v) is 7.35. The predicted molar refractivity (Wildman–Crippen MR) is 75.2 cm³/mol. The van der Waals surface area contributed by atoms with E-state index in [1.165, 1.54) is 6.42 Å². The lowest BCUT2D eigenvalue weighted by molar-refractivity contribution is 0.0135. The van der Waals surface area contributed by atoms with Crippen molar-refractivity contribution < 1.29 is 9.53 Å². The van der Waals surface area contributed by atoms with Crippen LogP contribution in [0.25, 0.3) is 0 Å². The van der Waals surface area contributed by atoms with Gasteiger partial charge in [0.05, 0.1) is 0 Å². The number of nitrogens with one attached hydrogen (secondary N) is 1. The van der Waals surface area contributed by atoms with Crippen LogP contribution in [-0.2, 0) is 4.74 Å². The SMILES string of the molecule is CC(C)(C)OC(=O)N1CCN(C[C@H]2CCNC2)CC1. The van der Waals surface area contributed by atoms with E-state index in [0.29, 0.717) is 0 Å². The van der Waals surface area contributed by atoms with Gasteiger partial charge in [-0.15, -0.1) is 0 Å². The highest BCUT2D eigenvalue weighted by Crippen LogP contribution is 2.14. The zero-order valence-corrected chi connectivity index (χ0v) is 12.4. The number of ether oxygens (including phenoxy) is 1. The third-order valence-electron chi connectivity index (χ3n) is 3.70. The molecule has 110 valence electrons. The van der Waals surface area contributed by atoms with E-state index < -0.39 is 5.60 Å². The third-order valence-corrected chi connectivity index (χ3v) is 3.70. The van der Waals surface area contributed by atoms with E-state index in [1.807, 2.05) is 25.7 Å². The molecule has 5 heteroatoms. The van der Waals surface area contributed by atoms with E-state index in [9.17, 15) is 4.79 Å². The van der Waals surface area contributed by atoms with Crippen molar-refractivity contribution in [3.05, 3.63) is 0 Å². The molecule has 2 rings (SSSR count). The lowest BCUT2D eigenvalue weighted by Gasteiger charge is -2.36. The molecule has 0 aromatic carbocycles. The zero-order chi connectivity index (χ0) is 13.9. The van der Waals surface area contributed by atoms with Gasteiger partial charge < -0.3 is 15.0 Å². The minimum Gasteiger partial charge on any atom is -0.444 e. The van der Waals surface area contributed by atoms with Gasteiger partial charge >= 0.3 is 6.09 Å². The maximum atomic E-state index is 11.9. The van der Waals surface area contributed by atoms with E-state index >= 15 is 0 Å². The van der Waals surface area contributed by atoms with Gasteiger partial charge in [0.1, 0.15) is 5.60 Å². The molecular weight excluding hydrogens is 242 g/mol. The van der Waals surface area contributed by atoms with Crippen LogP contribution in [0.3, 0.4) is 0 Å². The van der Waals surface area contributed by atoms with E-state index in [-0.39, 0.29) is 6.09 Å². The zero-order valence-electron chi connectivity index (χ0n) is 12.4. The number of hydrogen-bond donors (Lipinski definition) is 1. The average Bonchev–Trinajstić information content (AvgIpc) is 2.80. The van der Waals surface area contributed by atoms with Gasteiger partial charge in [0, 0.05) is 32.7 Å². The predicted octanol–water partition coefficient (Wildman–Crippen LogP) is 1.15. The highest BCUT2D eigenvalue weighted by molar-refractivity contribution is 5.68. The fourth-order valence-electron chi connectivity index (χ4n) is 2.67. The number of carbonyl (C=O) groups excluding carboxylic acids is 1. The highest BCUT2D eigenvalue weighted by atomic mass is 16.6. The summed E-state index contributed by atoms with van der Waals surface area (Å²) in [5, 5.41) is 3.40. The van der Waals surface area contributed by atoms with Crippen LogP contribution < -0.4 is 5.32 Å². The normalized spacial score (nSPS) is 25.6. The Balaban J connectivity index is 1.71. The number of nitrogens with zero attached hydrogens (tertiary/aromatic N) is 2. The summed E-state index contributed by atoms with van der Waals surface area (Å²) in [7, 11) is 0. The van der Waals surface area contributed by atoms with Gasteiger partial charge in [0.15, 0.2) is 0 Å². The van der Waals surface area contributed by atoms with Crippen LogP contribution in [-0.4, -0.2) is 67.3 Å². The monoisotopic (exact) mass is 269 g/mol. The second-order valence-electron chi connectivity index (χ2n) is 6.63. The molecular formula is C14H27N3O2. The first-order chi connectivity index (χ1) is 8.94. The molecule has 0 unspecified atom stereocenters. The summed E-state index contributed by atoms with van der Waals surface area (Å²) in [5.74, 6) is 0.785. The van der Waals surface area contributed by atoms with Crippen LogP contribution in [0.1, 0.15) is 27.2 Å². The molecule has 0 aromatic heterocycles. The number of rotatable bonds is 2. The van der Waals surface area contributed by atoms with E-state index in [2.05, 4.69) is 10.2 Å². The Morgan fingerprint density at radius 2 is 1.95 bits per heavy atom. The number of hydrogen-bond acceptors (Lipinski definition) is 4. The molecule has 19 heavy (non-hydrogen) atoms. The Hall–Kier alpha value is -0.810. The second-order valence-corrected chi connectivity index (χ2v) is 6.63. The molecule has 0 saturated carbocycles. The minimum atomic E-state index is -0.399. The van der Waals surface area contributed by atoms with E-state index in [1.54, 1.807) is 0 Å². The average molecular weight is 269 g/mol. The summed E-state index contributed by atoms with van der Waals surface area (Å²) in [6.07, 6.45) is 1.11. The van der Waals surface area contributed by atoms with Crippen molar-refractivity contribution in [3.8, 4) is 0 Å². The van der Waals surface area contributed by atoms with Crippen molar-refractivity contribution in [2.75, 3.05) is 45.8 Å². The quantitative estimate of drug-likeness (QED) is 0.817. The van der Waals surface area contributed by atoms with Crippen LogP contribution in [0.5, 0.6) is 0 Å². The maximum absolute atomic E-state index is 11.9. The lowest BCUT2D eigenvalue weighted by atomic mass is 10.1. The van der Waals surface area contributed by atoms with Crippen molar-refractivity contribution in [1.82, 2.24) is 15.1 Å². The summed E-state index contributed by atoms with van der Waals surface area (Å²) in [6.45, 7) is 12.7. The molecule has 0 aliphatic carbocycles. The van der Waals surface area contributed by atoms with Gasteiger partial charge in [-0.3, -0.25) is 4.90 Å². The summed E-state index contributed by atoms with van der Waals surface area (Å²) >= 11 is 0. The first kappa shape index (κ1) is 14.6. The largest absolute Gasteiger partial charge is 0.444 e. The smallest absolute Gasteiger partial charge is 0.410 e. The second kappa shape index (κ2) is 6.09. The Morgan fingerprint density at radius 1 is 1.26 bits per heavy atom. The molecule has 0 spiro atoms. The molecule has 2 aliphatic heterocycles. The molecule has 1 N–H and O–H groups in total. The van der Waals surface area contributed by atoms with Gasteiger partial charge in [-0.05, 0) is 46.2 Å². The number of amides is 1. The fraction of sp³-hybridized carbons (Fsp3) is 0.929. The molecule has 1 atom stereocenters. The molecule has 0 bridgehead atoms. The Morgan fingerprint density at radius 3 is 2.47 bits per heavy atom. The van der Waals surface area contributed by atoms with Gasteiger partial charge in [0.2, 0.25) is 0 Å². The molecule has 5 nitrogen and oxygen atoms in total. The van der Waals surface area contributed by atoms with Gasteiger partial charge in [-0.1, -0.05) is 0 Å². The van der Waals surface area contributed by atoms with Crippen molar-refractivity contribution in [2.24, 2.45) is 5.92 Å². The van der Waals surface area contributed by atoms with Crippen molar-refractivity contribution in [1.29, 1.82) is 0 Å². The van der Waals surface area contributed by atoms with Crippen LogP contribution in [0, 0.1) is 5.92 Å². The number of piperazine rings is 1. The van der Waals surface area contributed by atoms with Gasteiger partial charge in [-0.25, -0.2) is 4.79 Å². The molecule has 0 radical (unpaired) electrons. The maximum Gasteiger partial charge on any atom is 0.410 e. The van der Waals surface area contributed by atoms with Gasteiger partial charge in [-0.2, -0.15) is 0 Å². The summed E-state index contributed by atoms with van der Waals surface area (Å²) in [6, 6.07) is 0. The standard InChI is InChI=1S/C14H27N3O2/c1-14(2,3)19-13(18)17-8-6-16(7-9-17)11-12-4-5-15-10-12/h12,15H,4-11H2,1-3H3/t12-/m0/s1. The number of carbonyl (C=O) groups is 1. The van der Waals surface area contributed by atoms with Crippen LogP contribution in [0.15, 0.2) is 0 Å². The summed E-state index contributed by atoms with van der Waals surface area (Å²) in [4.78, 5) is 16.2. The minimum absolute atomic E-state index is 0.172. The molecule has 0 aromatic rings. The van der Waals surface area contributed by atoms with Crippen molar-refractivity contribution in [2.45, 2.75) is 32.8 Å². The fourth-order valence-corrected chi connectivity index (χ4v) is 2.67. The molecule has 2 fully saturated rings. The van der Waals surface area contributed by atoms with Crippen LogP contribution in [0.4, 0.5) is 4.79 Å². The summed E-state index contributed by atoms with van der Waals surface area (Å²) < 4.78 is 5.40. The van der Waals surface area contributed by atoms with E-state index in [0.717, 1.165) is 51.7 Å². The van der Waals surface area contributed by atoms with Crippen molar-refractivity contribution >= 4 is 6.09 Å². The van der Waals surface area contributed by atoms with Crippen LogP contribution >= 0.6 is 0 Å². The Kier molecular flexibility index (Phi) is 4.68. The third kappa shape index (κ3) is 4.66. The topological polar surface area (TPSA) is 44.8 Å². The van der Waals surface area contributed by atoms with Crippen LogP contribution in [0.2, 0.25) is 0 Å². The van der Waals surface area contributed by atoms with E-state index in [4.69, 9.17) is 4.74 Å². The first-order valence-electron chi connectivity index (χ1n) is 7.35. The Bertz CT molecular complexity index is 300. The summed E-state index contributed by atoms with van der Waals surface area (Å²) in [5.41, 5.74) is -0.399. The molecule has 2 aliphatic rings. The molecule has 2 heterocycles. The molecule has 1 amide bonds. The van der Waals surface area contributed by atoms with Gasteiger partial charge in [0.25, 0.3) is 0 Å². The lowest BCUT2D eigenvalue weighted by Crippen LogP contribution is -2.51. The van der Waals surface area contributed by atoms with Crippen molar-refractivity contribution in [3.63, 3.8) is 0 Å². The molecule has 2 saturated heterocycles. The highest BCUT2D eigenvalue weighted by Gasteiger charge is 2.27.